The van der Waals surface area contributed by atoms with Gasteiger partial charge in [0.2, 0.25) is 5.91 Å². The first-order valence-corrected chi connectivity index (χ1v) is 7.70. The van der Waals surface area contributed by atoms with Crippen molar-refractivity contribution in [2.45, 2.75) is 27.7 Å². The molecule has 6 nitrogen and oxygen atoms in total. The Kier molecular flexibility index (Phi) is 5.52. The fraction of sp³-hybridized carbons (Fsp3) is 0.278. The van der Waals surface area contributed by atoms with E-state index in [4.69, 9.17) is 4.74 Å². The van der Waals surface area contributed by atoms with Crippen LogP contribution in [-0.4, -0.2) is 29.3 Å². The number of carbonyl (C=O) groups is 2. The maximum atomic E-state index is 11.7. The predicted octanol–water partition coefficient (Wildman–Crippen LogP) is 2.74. The SMILES string of the molecule is CCOC(=O)c1ccc(-n2c(C)cc(/C=N\NC(C)=O)c2C)cc1. The molecule has 1 aromatic carbocycles. The zero-order valence-electron chi connectivity index (χ0n) is 14.3. The first-order valence-electron chi connectivity index (χ1n) is 7.70. The van der Waals surface area contributed by atoms with Crippen molar-refractivity contribution in [3.63, 3.8) is 0 Å². The standard InChI is InChI=1S/C18H21N3O3/c1-5-24-18(23)15-6-8-17(9-7-15)21-12(2)10-16(13(21)3)11-19-20-14(4)22/h6-11H,5H2,1-4H3,(H,20,22)/b19-11-. The molecular formula is C18H21N3O3. The minimum absolute atomic E-state index is 0.213. The Hall–Kier alpha value is -2.89. The van der Waals surface area contributed by atoms with Gasteiger partial charge in [0.05, 0.1) is 18.4 Å². The molecule has 0 aliphatic heterocycles. The van der Waals surface area contributed by atoms with Gasteiger partial charge in [0.1, 0.15) is 0 Å². The summed E-state index contributed by atoms with van der Waals surface area (Å²) in [4.78, 5) is 22.6. The molecule has 2 rings (SSSR count). The van der Waals surface area contributed by atoms with Gasteiger partial charge in [0.25, 0.3) is 0 Å². The second-order valence-corrected chi connectivity index (χ2v) is 5.36. The summed E-state index contributed by atoms with van der Waals surface area (Å²) in [5, 5.41) is 3.91. The van der Waals surface area contributed by atoms with E-state index in [1.165, 1.54) is 6.92 Å². The lowest BCUT2D eigenvalue weighted by atomic mass is 10.2. The van der Waals surface area contributed by atoms with Crippen molar-refractivity contribution in [2.75, 3.05) is 6.61 Å². The Bertz CT molecular complexity index is 774. The van der Waals surface area contributed by atoms with E-state index in [1.54, 1.807) is 25.3 Å². The molecule has 1 N–H and O–H groups in total. The number of benzene rings is 1. The number of aryl methyl sites for hydroxylation is 1. The van der Waals surface area contributed by atoms with E-state index in [2.05, 4.69) is 15.1 Å². The lowest BCUT2D eigenvalue weighted by Crippen LogP contribution is -2.12. The Morgan fingerprint density at radius 3 is 2.50 bits per heavy atom. The second-order valence-electron chi connectivity index (χ2n) is 5.36. The highest BCUT2D eigenvalue weighted by atomic mass is 16.5. The molecule has 126 valence electrons. The molecule has 0 saturated heterocycles. The van der Waals surface area contributed by atoms with E-state index in [0.29, 0.717) is 12.2 Å². The molecule has 24 heavy (non-hydrogen) atoms. The van der Waals surface area contributed by atoms with Crippen LogP contribution in [0.4, 0.5) is 0 Å². The average Bonchev–Trinajstić information content (AvgIpc) is 2.82. The first kappa shape index (κ1) is 17.5. The zero-order chi connectivity index (χ0) is 17.7. The maximum absolute atomic E-state index is 11.7. The molecule has 0 fully saturated rings. The van der Waals surface area contributed by atoms with Gasteiger partial charge in [0.15, 0.2) is 0 Å². The van der Waals surface area contributed by atoms with E-state index in [0.717, 1.165) is 22.6 Å². The largest absolute Gasteiger partial charge is 0.462 e. The summed E-state index contributed by atoms with van der Waals surface area (Å²) >= 11 is 0. The van der Waals surface area contributed by atoms with E-state index in [9.17, 15) is 9.59 Å². The zero-order valence-corrected chi connectivity index (χ0v) is 14.3. The summed E-state index contributed by atoms with van der Waals surface area (Å²) in [6.07, 6.45) is 1.62. The van der Waals surface area contributed by atoms with Crippen LogP contribution in [-0.2, 0) is 9.53 Å². The Morgan fingerprint density at radius 2 is 1.92 bits per heavy atom. The van der Waals surface area contributed by atoms with Crippen LogP contribution in [0.25, 0.3) is 5.69 Å². The summed E-state index contributed by atoms with van der Waals surface area (Å²) < 4.78 is 7.05. The van der Waals surface area contributed by atoms with Crippen LogP contribution in [0.2, 0.25) is 0 Å². The number of rotatable bonds is 5. The van der Waals surface area contributed by atoms with Gasteiger partial charge in [-0.05, 0) is 51.1 Å². The van der Waals surface area contributed by atoms with Crippen LogP contribution in [0.15, 0.2) is 35.4 Å². The highest BCUT2D eigenvalue weighted by Gasteiger charge is 2.11. The normalized spacial score (nSPS) is 10.8. The van der Waals surface area contributed by atoms with Gasteiger partial charge >= 0.3 is 5.97 Å². The van der Waals surface area contributed by atoms with Gasteiger partial charge in [-0.15, -0.1) is 0 Å². The van der Waals surface area contributed by atoms with Crippen LogP contribution in [0.3, 0.4) is 0 Å². The van der Waals surface area contributed by atoms with E-state index >= 15 is 0 Å². The van der Waals surface area contributed by atoms with Crippen molar-refractivity contribution in [3.05, 3.63) is 52.8 Å². The predicted molar refractivity (Wildman–Crippen MR) is 92.6 cm³/mol. The van der Waals surface area contributed by atoms with Crippen LogP contribution < -0.4 is 5.43 Å². The molecule has 0 saturated carbocycles. The van der Waals surface area contributed by atoms with Crippen LogP contribution in [0.1, 0.15) is 41.2 Å². The Balaban J connectivity index is 2.29. The van der Waals surface area contributed by atoms with Crippen molar-refractivity contribution >= 4 is 18.1 Å². The second kappa shape index (κ2) is 7.59. The van der Waals surface area contributed by atoms with Crippen molar-refractivity contribution in [1.29, 1.82) is 0 Å². The van der Waals surface area contributed by atoms with Gasteiger partial charge in [0, 0.05) is 29.6 Å². The summed E-state index contributed by atoms with van der Waals surface area (Å²) in [6.45, 7) is 7.51. The number of esters is 1. The summed E-state index contributed by atoms with van der Waals surface area (Å²) in [6, 6.07) is 9.23. The third-order valence-corrected chi connectivity index (χ3v) is 3.53. The molecule has 0 bridgehead atoms. The number of hydrogen-bond donors (Lipinski definition) is 1. The van der Waals surface area contributed by atoms with Crippen LogP contribution >= 0.6 is 0 Å². The third-order valence-electron chi connectivity index (χ3n) is 3.53. The van der Waals surface area contributed by atoms with E-state index < -0.39 is 0 Å². The molecule has 6 heteroatoms. The molecular weight excluding hydrogens is 306 g/mol. The van der Waals surface area contributed by atoms with Crippen molar-refractivity contribution in [1.82, 2.24) is 9.99 Å². The van der Waals surface area contributed by atoms with Gasteiger partial charge in [-0.3, -0.25) is 4.79 Å². The summed E-state index contributed by atoms with van der Waals surface area (Å²) in [5.74, 6) is -0.539. The molecule has 0 aliphatic rings. The average molecular weight is 327 g/mol. The molecule has 0 atom stereocenters. The number of hydrogen-bond acceptors (Lipinski definition) is 4. The van der Waals surface area contributed by atoms with Gasteiger partial charge in [-0.1, -0.05) is 0 Å². The lowest BCUT2D eigenvalue weighted by Gasteiger charge is -2.10. The van der Waals surface area contributed by atoms with Crippen LogP contribution in [0.5, 0.6) is 0 Å². The third kappa shape index (κ3) is 3.90. The highest BCUT2D eigenvalue weighted by molar-refractivity contribution is 5.89. The first-order chi connectivity index (χ1) is 11.4. The van der Waals surface area contributed by atoms with Crippen LogP contribution in [0, 0.1) is 13.8 Å². The van der Waals surface area contributed by atoms with E-state index in [1.807, 2.05) is 32.0 Å². The lowest BCUT2D eigenvalue weighted by molar-refractivity contribution is -0.118. The van der Waals surface area contributed by atoms with Crippen molar-refractivity contribution in [2.24, 2.45) is 5.10 Å². The summed E-state index contributed by atoms with van der Waals surface area (Å²) in [5.41, 5.74) is 6.79. The topological polar surface area (TPSA) is 72.7 Å². The monoisotopic (exact) mass is 327 g/mol. The minimum Gasteiger partial charge on any atom is -0.462 e. The summed E-state index contributed by atoms with van der Waals surface area (Å²) in [7, 11) is 0. The van der Waals surface area contributed by atoms with Crippen molar-refractivity contribution < 1.29 is 14.3 Å². The molecule has 0 radical (unpaired) electrons. The molecule has 1 amide bonds. The van der Waals surface area contributed by atoms with Gasteiger partial charge in [-0.25, -0.2) is 10.2 Å². The fourth-order valence-electron chi connectivity index (χ4n) is 2.47. The van der Waals surface area contributed by atoms with Crippen molar-refractivity contribution in [3.8, 4) is 5.69 Å². The molecule has 2 aromatic rings. The number of nitrogens with zero attached hydrogens (tertiary/aromatic N) is 2. The highest BCUT2D eigenvalue weighted by Crippen LogP contribution is 2.20. The quantitative estimate of drug-likeness (QED) is 0.521. The van der Waals surface area contributed by atoms with Gasteiger partial charge in [-0.2, -0.15) is 5.10 Å². The number of ether oxygens (including phenoxy) is 1. The number of nitrogens with one attached hydrogen (secondary N) is 1. The number of aromatic nitrogens is 1. The Morgan fingerprint density at radius 1 is 1.25 bits per heavy atom. The number of amides is 1. The molecule has 0 unspecified atom stereocenters. The number of hydrazone groups is 1. The maximum Gasteiger partial charge on any atom is 0.338 e. The number of carbonyl (C=O) groups excluding carboxylic acids is 2. The smallest absolute Gasteiger partial charge is 0.338 e. The molecule has 1 heterocycles. The van der Waals surface area contributed by atoms with E-state index in [-0.39, 0.29) is 11.9 Å². The van der Waals surface area contributed by atoms with Gasteiger partial charge < -0.3 is 9.30 Å². The molecule has 1 aromatic heterocycles. The fourth-order valence-corrected chi connectivity index (χ4v) is 2.47. The Labute approximate surface area is 141 Å². The minimum atomic E-state index is -0.326. The molecule has 0 spiro atoms. The molecule has 0 aliphatic carbocycles.